The second-order valence-electron chi connectivity index (χ2n) is 6.56. The molecule has 0 spiro atoms. The third kappa shape index (κ3) is 4.34. The maximum Gasteiger partial charge on any atom is 0.317 e. The van der Waals surface area contributed by atoms with Crippen molar-refractivity contribution < 1.29 is 9.90 Å². The topological polar surface area (TPSA) is 68.7 Å². The number of anilines is 1. The predicted molar refractivity (Wildman–Crippen MR) is 89.4 cm³/mol. The van der Waals surface area contributed by atoms with Gasteiger partial charge in [-0.3, -0.25) is 4.98 Å². The summed E-state index contributed by atoms with van der Waals surface area (Å²) in [4.78, 5) is 20.3. The number of aliphatic hydroxyl groups is 1. The number of urea groups is 1. The number of rotatable bonds is 3. The molecule has 3 rings (SSSR count). The molecule has 0 bridgehead atoms. The van der Waals surface area contributed by atoms with Gasteiger partial charge in [0.05, 0.1) is 6.10 Å². The fraction of sp³-hybridized carbons (Fsp3) is 0.647. The number of carbonyl (C=O) groups excluding carboxylic acids is 1. The van der Waals surface area contributed by atoms with Gasteiger partial charge in [0.25, 0.3) is 0 Å². The molecule has 0 radical (unpaired) electrons. The van der Waals surface area contributed by atoms with Gasteiger partial charge in [-0.05, 0) is 43.7 Å². The van der Waals surface area contributed by atoms with E-state index in [4.69, 9.17) is 0 Å². The van der Waals surface area contributed by atoms with E-state index in [9.17, 15) is 9.90 Å². The van der Waals surface area contributed by atoms with E-state index in [2.05, 4.69) is 15.2 Å². The van der Waals surface area contributed by atoms with Gasteiger partial charge in [0.1, 0.15) is 0 Å². The highest BCUT2D eigenvalue weighted by molar-refractivity contribution is 5.74. The lowest BCUT2D eigenvalue weighted by Gasteiger charge is -2.34. The fourth-order valence-electron chi connectivity index (χ4n) is 3.43. The highest BCUT2D eigenvalue weighted by Gasteiger charge is 2.24. The second-order valence-corrected chi connectivity index (χ2v) is 6.56. The number of pyridine rings is 1. The average molecular weight is 318 g/mol. The standard InChI is InChI=1S/C17H26N4O2/c22-16-2-1-9-21(13-16)17(23)19-12-14-5-10-20(11-6-14)15-3-7-18-8-4-15/h3-4,7-8,14,16,22H,1-2,5-6,9-13H2,(H,19,23). The number of hydrogen-bond donors (Lipinski definition) is 2. The Hall–Kier alpha value is -1.82. The maximum atomic E-state index is 12.2. The van der Waals surface area contributed by atoms with Crippen LogP contribution in [0.2, 0.25) is 0 Å². The molecule has 3 heterocycles. The zero-order valence-corrected chi connectivity index (χ0v) is 13.5. The number of nitrogens with one attached hydrogen (secondary N) is 1. The number of carbonyl (C=O) groups is 1. The van der Waals surface area contributed by atoms with E-state index in [0.29, 0.717) is 12.5 Å². The largest absolute Gasteiger partial charge is 0.391 e. The second kappa shape index (κ2) is 7.64. The van der Waals surface area contributed by atoms with E-state index in [1.165, 1.54) is 5.69 Å². The van der Waals surface area contributed by atoms with Gasteiger partial charge in [-0.2, -0.15) is 0 Å². The molecule has 0 saturated carbocycles. The van der Waals surface area contributed by atoms with Crippen LogP contribution in [0.5, 0.6) is 0 Å². The van der Waals surface area contributed by atoms with E-state index in [1.54, 1.807) is 4.90 Å². The van der Waals surface area contributed by atoms with Crippen LogP contribution >= 0.6 is 0 Å². The van der Waals surface area contributed by atoms with E-state index >= 15 is 0 Å². The van der Waals surface area contributed by atoms with Crippen molar-refractivity contribution in [1.29, 1.82) is 0 Å². The Morgan fingerprint density at radius 2 is 1.96 bits per heavy atom. The summed E-state index contributed by atoms with van der Waals surface area (Å²) in [5.74, 6) is 0.534. The smallest absolute Gasteiger partial charge is 0.317 e. The third-order valence-electron chi connectivity index (χ3n) is 4.87. The van der Waals surface area contributed by atoms with Crippen molar-refractivity contribution >= 4 is 11.7 Å². The van der Waals surface area contributed by atoms with Gasteiger partial charge in [0, 0.05) is 50.8 Å². The fourth-order valence-corrected chi connectivity index (χ4v) is 3.43. The third-order valence-corrected chi connectivity index (χ3v) is 4.87. The van der Waals surface area contributed by atoms with Gasteiger partial charge < -0.3 is 20.2 Å². The molecule has 1 aromatic heterocycles. The molecule has 126 valence electrons. The Morgan fingerprint density at radius 1 is 1.22 bits per heavy atom. The van der Waals surface area contributed by atoms with Crippen LogP contribution < -0.4 is 10.2 Å². The Morgan fingerprint density at radius 3 is 2.65 bits per heavy atom. The van der Waals surface area contributed by atoms with Crippen LogP contribution in [0.4, 0.5) is 10.5 Å². The number of hydrogen-bond acceptors (Lipinski definition) is 4. The minimum atomic E-state index is -0.363. The highest BCUT2D eigenvalue weighted by Crippen LogP contribution is 2.22. The first-order chi connectivity index (χ1) is 11.2. The summed E-state index contributed by atoms with van der Waals surface area (Å²) in [7, 11) is 0. The molecule has 1 aromatic rings. The number of likely N-dealkylation sites (tertiary alicyclic amines) is 1. The number of piperidine rings is 2. The van der Waals surface area contributed by atoms with Crippen LogP contribution in [0.3, 0.4) is 0 Å². The van der Waals surface area contributed by atoms with Gasteiger partial charge >= 0.3 is 6.03 Å². The molecular weight excluding hydrogens is 292 g/mol. The molecule has 6 nitrogen and oxygen atoms in total. The Kier molecular flexibility index (Phi) is 5.33. The Bertz CT molecular complexity index is 503. The van der Waals surface area contributed by atoms with Crippen LogP contribution in [0.1, 0.15) is 25.7 Å². The van der Waals surface area contributed by atoms with Crippen molar-refractivity contribution in [2.24, 2.45) is 5.92 Å². The van der Waals surface area contributed by atoms with Crippen molar-refractivity contribution in [2.45, 2.75) is 31.8 Å². The van der Waals surface area contributed by atoms with Gasteiger partial charge in [-0.1, -0.05) is 0 Å². The van der Waals surface area contributed by atoms with Crippen molar-refractivity contribution in [2.75, 3.05) is 37.6 Å². The lowest BCUT2D eigenvalue weighted by Crippen LogP contribution is -2.48. The van der Waals surface area contributed by atoms with Crippen LogP contribution in [0, 0.1) is 5.92 Å². The maximum absolute atomic E-state index is 12.2. The lowest BCUT2D eigenvalue weighted by molar-refractivity contribution is 0.0838. The molecule has 0 aromatic carbocycles. The van der Waals surface area contributed by atoms with Crippen molar-refractivity contribution in [3.8, 4) is 0 Å². The number of aromatic nitrogens is 1. The van der Waals surface area contributed by atoms with Crippen LogP contribution in [0.25, 0.3) is 0 Å². The molecule has 2 aliphatic heterocycles. The molecule has 2 fully saturated rings. The summed E-state index contributed by atoms with van der Waals surface area (Å²) in [6.07, 6.45) is 7.16. The van der Waals surface area contributed by atoms with Crippen LogP contribution in [-0.2, 0) is 0 Å². The summed E-state index contributed by atoms with van der Waals surface area (Å²) in [6.45, 7) is 3.99. The number of amides is 2. The quantitative estimate of drug-likeness (QED) is 0.885. The summed E-state index contributed by atoms with van der Waals surface area (Å²) < 4.78 is 0. The summed E-state index contributed by atoms with van der Waals surface area (Å²) in [6, 6.07) is 4.06. The summed E-state index contributed by atoms with van der Waals surface area (Å²) in [5, 5.41) is 12.7. The zero-order valence-electron chi connectivity index (χ0n) is 13.5. The number of aliphatic hydroxyl groups excluding tert-OH is 1. The molecular formula is C17H26N4O2. The van der Waals surface area contributed by atoms with E-state index in [1.807, 2.05) is 24.5 Å². The average Bonchev–Trinajstić information content (AvgIpc) is 2.61. The first-order valence-corrected chi connectivity index (χ1v) is 8.58. The molecule has 2 aliphatic rings. The summed E-state index contributed by atoms with van der Waals surface area (Å²) >= 11 is 0. The van der Waals surface area contributed by atoms with Crippen molar-refractivity contribution in [3.63, 3.8) is 0 Å². The minimum Gasteiger partial charge on any atom is -0.391 e. The van der Waals surface area contributed by atoms with Gasteiger partial charge in [0.15, 0.2) is 0 Å². The van der Waals surface area contributed by atoms with E-state index in [-0.39, 0.29) is 12.1 Å². The van der Waals surface area contributed by atoms with Crippen molar-refractivity contribution in [3.05, 3.63) is 24.5 Å². The van der Waals surface area contributed by atoms with Gasteiger partial charge in [0.2, 0.25) is 0 Å². The highest BCUT2D eigenvalue weighted by atomic mass is 16.3. The molecule has 2 amide bonds. The molecule has 23 heavy (non-hydrogen) atoms. The monoisotopic (exact) mass is 318 g/mol. The molecule has 2 N–H and O–H groups in total. The first kappa shape index (κ1) is 16.1. The molecule has 6 heteroatoms. The van der Waals surface area contributed by atoms with E-state index in [0.717, 1.165) is 51.9 Å². The Balaban J connectivity index is 1.40. The lowest BCUT2D eigenvalue weighted by atomic mass is 9.96. The Labute approximate surface area is 137 Å². The van der Waals surface area contributed by atoms with E-state index < -0.39 is 0 Å². The summed E-state index contributed by atoms with van der Waals surface area (Å²) in [5.41, 5.74) is 1.23. The molecule has 2 saturated heterocycles. The zero-order chi connectivity index (χ0) is 16.1. The molecule has 1 unspecified atom stereocenters. The van der Waals surface area contributed by atoms with Gasteiger partial charge in [-0.15, -0.1) is 0 Å². The van der Waals surface area contributed by atoms with Crippen LogP contribution in [0.15, 0.2) is 24.5 Å². The SMILES string of the molecule is O=C(NCC1CCN(c2ccncc2)CC1)N1CCCC(O)C1. The molecule has 0 aliphatic carbocycles. The van der Waals surface area contributed by atoms with Crippen LogP contribution in [-0.4, -0.2) is 59.8 Å². The van der Waals surface area contributed by atoms with Gasteiger partial charge in [-0.25, -0.2) is 4.79 Å². The van der Waals surface area contributed by atoms with Crippen molar-refractivity contribution in [1.82, 2.24) is 15.2 Å². The molecule has 1 atom stereocenters. The predicted octanol–water partition coefficient (Wildman–Crippen LogP) is 1.46. The first-order valence-electron chi connectivity index (χ1n) is 8.58. The number of β-amino-alcohol motifs (C(OH)–C–C–N with tert-alkyl or cyclic N) is 1. The number of nitrogens with zero attached hydrogens (tertiary/aromatic N) is 3. The minimum absolute atomic E-state index is 0.0275. The normalized spacial score (nSPS) is 22.9.